The molecule has 0 aromatic heterocycles. The molecule has 5 N–H and O–H groups in total. The molecule has 1 unspecified atom stereocenters. The van der Waals surface area contributed by atoms with Crippen molar-refractivity contribution in [1.82, 2.24) is 0 Å². The van der Waals surface area contributed by atoms with Crippen molar-refractivity contribution >= 4 is 23.7 Å². The van der Waals surface area contributed by atoms with Crippen LogP contribution >= 0.6 is 12.6 Å². The average molecular weight is 159 g/mol. The zero-order valence-corrected chi connectivity index (χ0v) is 5.78. The van der Waals surface area contributed by atoms with E-state index in [2.05, 4.69) is 12.6 Å². The Morgan fingerprint density at radius 2 is 2.25 bits per heavy atom. The molecule has 0 saturated carbocycles. The van der Waals surface area contributed by atoms with E-state index in [0.29, 0.717) is 0 Å². The van der Waals surface area contributed by atoms with E-state index < -0.39 is 16.5 Å². The summed E-state index contributed by atoms with van der Waals surface area (Å²) in [7, 11) is 0. The lowest BCUT2D eigenvalue weighted by Gasteiger charge is -1.97. The van der Waals surface area contributed by atoms with Crippen molar-refractivity contribution in [1.29, 1.82) is 0 Å². The van der Waals surface area contributed by atoms with Gasteiger partial charge in [-0.25, -0.2) is 4.21 Å². The van der Waals surface area contributed by atoms with Crippen molar-refractivity contribution < 1.29 is 14.2 Å². The molecule has 0 rings (SSSR count). The fourth-order valence-electron chi connectivity index (χ4n) is 0.0638. The monoisotopic (exact) mass is 159 g/mol. The van der Waals surface area contributed by atoms with Crippen LogP contribution in [0.15, 0.2) is 0 Å². The van der Waals surface area contributed by atoms with Gasteiger partial charge in [-0.05, 0) is 0 Å². The minimum Gasteiger partial charge on any atom is -0.412 e. The van der Waals surface area contributed by atoms with Gasteiger partial charge in [-0.3, -0.25) is 0 Å². The minimum absolute atomic E-state index is 0. The second kappa shape index (κ2) is 5.52. The van der Waals surface area contributed by atoms with E-state index in [1.807, 2.05) is 0 Å². The maximum atomic E-state index is 9.87. The normalized spacial score (nSPS) is 16.4. The molecule has 0 fully saturated rings. The molecule has 0 heterocycles. The van der Waals surface area contributed by atoms with Crippen LogP contribution in [0.1, 0.15) is 0 Å². The first-order valence-corrected chi connectivity index (χ1v) is 3.45. The van der Waals surface area contributed by atoms with Crippen LogP contribution in [-0.4, -0.2) is 25.4 Å². The van der Waals surface area contributed by atoms with Crippen molar-refractivity contribution in [2.75, 3.05) is 5.75 Å². The third kappa shape index (κ3) is 4.54. The molecule has 52 valence electrons. The molecule has 0 aliphatic rings. The molecule has 0 saturated heterocycles. The van der Waals surface area contributed by atoms with Gasteiger partial charge in [0.05, 0.1) is 0 Å². The van der Waals surface area contributed by atoms with Gasteiger partial charge >= 0.3 is 0 Å². The Hall–Kier alpha value is 0.380. The van der Waals surface area contributed by atoms with Crippen molar-refractivity contribution in [3.05, 3.63) is 0 Å². The Labute approximate surface area is 55.5 Å². The lowest BCUT2D eigenvalue weighted by Crippen LogP contribution is -2.26. The predicted molar refractivity (Wildman–Crippen MR) is 36.2 cm³/mol. The first-order valence-electron chi connectivity index (χ1n) is 1.64. The summed E-state index contributed by atoms with van der Waals surface area (Å²) in [6.45, 7) is 0. The second-order valence-corrected chi connectivity index (χ2v) is 2.52. The highest BCUT2D eigenvalue weighted by molar-refractivity contribution is 7.84. The highest BCUT2D eigenvalue weighted by Crippen LogP contribution is 1.85. The van der Waals surface area contributed by atoms with Gasteiger partial charge in [-0.1, -0.05) is 0 Å². The Morgan fingerprint density at radius 3 is 2.25 bits per heavy atom. The number of hydrogen-bond donors (Lipinski definition) is 3. The first kappa shape index (κ1) is 11.2. The molecule has 0 radical (unpaired) electrons. The zero-order chi connectivity index (χ0) is 5.86. The number of rotatable bonds is 2. The molecule has 2 atom stereocenters. The van der Waals surface area contributed by atoms with E-state index in [1.54, 1.807) is 0 Å². The highest BCUT2D eigenvalue weighted by atomic mass is 32.2. The summed E-state index contributed by atoms with van der Waals surface area (Å²) in [4.78, 5) is 0. The van der Waals surface area contributed by atoms with Gasteiger partial charge in [0.2, 0.25) is 0 Å². The van der Waals surface area contributed by atoms with Crippen LogP contribution in [-0.2, 0) is 11.1 Å². The summed E-state index contributed by atoms with van der Waals surface area (Å²) in [6, 6.07) is 0. The molecular formula is C2H9NO3S2. The molecular weight excluding hydrogens is 150 g/mol. The van der Waals surface area contributed by atoms with Crippen LogP contribution in [0.3, 0.4) is 0 Å². The summed E-state index contributed by atoms with van der Waals surface area (Å²) < 4.78 is 18.0. The number of hydrogen-bond acceptors (Lipinski definition) is 3. The van der Waals surface area contributed by atoms with Gasteiger partial charge < -0.3 is 15.8 Å². The van der Waals surface area contributed by atoms with E-state index >= 15 is 0 Å². The Morgan fingerprint density at radius 1 is 1.88 bits per heavy atom. The highest BCUT2D eigenvalue weighted by Gasteiger charge is 2.03. The molecule has 0 aromatic rings. The maximum absolute atomic E-state index is 9.87. The summed E-state index contributed by atoms with van der Waals surface area (Å²) >= 11 is 1.77. The van der Waals surface area contributed by atoms with Crippen LogP contribution in [0.2, 0.25) is 0 Å². The zero-order valence-electron chi connectivity index (χ0n) is 4.07. The van der Waals surface area contributed by atoms with Crippen LogP contribution in [0.4, 0.5) is 0 Å². The third-order valence-electron chi connectivity index (χ3n) is 0.439. The van der Waals surface area contributed by atoms with Crippen LogP contribution in [0.25, 0.3) is 0 Å². The molecule has 0 spiro atoms. The van der Waals surface area contributed by atoms with Crippen LogP contribution in [0, 0.1) is 0 Å². The first-order chi connectivity index (χ1) is 3.18. The molecule has 6 heteroatoms. The topological polar surface area (TPSA) is 94.8 Å². The third-order valence-corrected chi connectivity index (χ3v) is 1.76. The average Bonchev–Trinajstić information content (AvgIpc) is 1.65. The van der Waals surface area contributed by atoms with Crippen LogP contribution < -0.4 is 5.73 Å². The van der Waals surface area contributed by atoms with Crippen molar-refractivity contribution in [3.63, 3.8) is 0 Å². The van der Waals surface area contributed by atoms with Gasteiger partial charge in [-0.2, -0.15) is 12.6 Å². The molecule has 0 bridgehead atoms. The second-order valence-electron chi connectivity index (χ2n) is 0.997. The summed E-state index contributed by atoms with van der Waals surface area (Å²) in [6.07, 6.45) is 0. The minimum atomic E-state index is -1.91. The number of thiol groups is 1. The van der Waals surface area contributed by atoms with Gasteiger partial charge in [0.15, 0.2) is 11.1 Å². The fourth-order valence-corrected chi connectivity index (χ4v) is 0.574. The standard InChI is InChI=1S/C2H7NO2S2.H2O/c3-2(1-6)7(4)5;/h2,6H,1,3H2,(H,4,5);1H2/t2-;/m1./s1. The van der Waals surface area contributed by atoms with Gasteiger partial charge in [-0.15, -0.1) is 0 Å². The van der Waals surface area contributed by atoms with Gasteiger partial charge in [0.1, 0.15) is 5.37 Å². The van der Waals surface area contributed by atoms with Gasteiger partial charge in [0, 0.05) is 5.75 Å². The Bertz CT molecular complexity index is 77.7. The van der Waals surface area contributed by atoms with E-state index in [9.17, 15) is 4.21 Å². The molecule has 0 aliphatic heterocycles. The molecule has 0 aromatic carbocycles. The van der Waals surface area contributed by atoms with E-state index in [-0.39, 0.29) is 11.2 Å². The smallest absolute Gasteiger partial charge is 0.171 e. The quantitative estimate of drug-likeness (QED) is 0.341. The molecule has 0 aliphatic carbocycles. The summed E-state index contributed by atoms with van der Waals surface area (Å²) in [5, 5.41) is -0.705. The molecule has 4 nitrogen and oxygen atoms in total. The van der Waals surface area contributed by atoms with E-state index in [1.165, 1.54) is 0 Å². The van der Waals surface area contributed by atoms with Crippen molar-refractivity contribution in [3.8, 4) is 0 Å². The largest absolute Gasteiger partial charge is 0.412 e. The van der Waals surface area contributed by atoms with Crippen molar-refractivity contribution in [2.24, 2.45) is 5.73 Å². The Balaban J connectivity index is 0. The number of nitrogens with two attached hydrogens (primary N) is 1. The summed E-state index contributed by atoms with van der Waals surface area (Å²) in [5.74, 6) is 0.239. The fraction of sp³-hybridized carbons (Fsp3) is 1.00. The van der Waals surface area contributed by atoms with E-state index in [4.69, 9.17) is 10.3 Å². The summed E-state index contributed by atoms with van der Waals surface area (Å²) in [5.41, 5.74) is 4.99. The van der Waals surface area contributed by atoms with Crippen molar-refractivity contribution in [2.45, 2.75) is 5.37 Å². The SMILES string of the molecule is N[C@@H](CS)S(=O)O.O. The lowest BCUT2D eigenvalue weighted by atomic mass is 10.8. The predicted octanol–water partition coefficient (Wildman–Crippen LogP) is -1.40. The van der Waals surface area contributed by atoms with Gasteiger partial charge in [0.25, 0.3) is 0 Å². The van der Waals surface area contributed by atoms with Crippen LogP contribution in [0.5, 0.6) is 0 Å². The van der Waals surface area contributed by atoms with E-state index in [0.717, 1.165) is 0 Å². The lowest BCUT2D eigenvalue weighted by molar-refractivity contribution is 0.554. The Kier molecular flexibility index (Phi) is 7.73. The molecule has 0 amide bonds. The maximum Gasteiger partial charge on any atom is 0.171 e. The molecule has 8 heavy (non-hydrogen) atoms.